The molecule has 0 radical (unpaired) electrons. The van der Waals surface area contributed by atoms with Gasteiger partial charge in [0.05, 0.1) is 70.6 Å². The van der Waals surface area contributed by atoms with Crippen molar-refractivity contribution in [2.75, 3.05) is 46.2 Å². The first kappa shape index (κ1) is 93.1. The molecule has 0 aliphatic carbocycles. The number of ether oxygens (including phenoxy) is 17. The summed E-state index contributed by atoms with van der Waals surface area (Å²) in [4.78, 5) is 51.7. The first-order valence-corrected chi connectivity index (χ1v) is 36.0. The zero-order chi connectivity index (χ0) is 83.6. The maximum Gasteiger partial charge on any atom is 0.364 e. The Morgan fingerprint density at radius 3 is 1.32 bits per heavy atom. The Hall–Kier alpha value is -3.80. The first-order chi connectivity index (χ1) is 53.2. The second-order valence-corrected chi connectivity index (χ2v) is 28.9. The molecule has 0 unspecified atom stereocenters. The van der Waals surface area contributed by atoms with Crippen LogP contribution >= 0.6 is 0 Å². The molecule has 0 aromatic heterocycles. The zero-order valence-corrected chi connectivity index (χ0v) is 60.8. The molecule has 50 heteroatoms. The van der Waals surface area contributed by atoms with Gasteiger partial charge in [-0.1, -0.05) is 0 Å². The second-order valence-electron chi connectivity index (χ2n) is 28.9. The molecule has 9 rings (SSSR count). The lowest BCUT2D eigenvalue weighted by Gasteiger charge is -2.51. The average molecular weight is 1660 g/mol. The highest BCUT2D eigenvalue weighted by Crippen LogP contribution is 2.41. The predicted octanol–water partition coefficient (Wildman–Crippen LogP) is -18.9. The topological polar surface area (TPSA) is 787 Å². The highest BCUT2D eigenvalue weighted by molar-refractivity contribution is 5.77. The van der Waals surface area contributed by atoms with Gasteiger partial charge in [-0.2, -0.15) is 0 Å². The van der Waals surface area contributed by atoms with Gasteiger partial charge in [-0.05, 0) is 13.8 Å². The number of nitrogens with one attached hydrogen (secondary N) is 3. The third-order valence-electron chi connectivity index (χ3n) is 20.8. The van der Waals surface area contributed by atoms with Gasteiger partial charge in [0.2, 0.25) is 17.7 Å². The van der Waals surface area contributed by atoms with Crippen LogP contribution in [0.25, 0.3) is 0 Å². The molecule has 0 aromatic rings. The van der Waals surface area contributed by atoms with E-state index in [1.54, 1.807) is 0 Å². The van der Waals surface area contributed by atoms with Gasteiger partial charge in [-0.15, -0.1) is 0 Å². The molecular formula is C63H105N3O47. The number of carboxylic acid groups (broad SMARTS) is 1. The summed E-state index contributed by atoms with van der Waals surface area (Å²) < 4.78 is 101. The monoisotopic (exact) mass is 1660 g/mol. The van der Waals surface area contributed by atoms with E-state index in [2.05, 4.69) is 16.0 Å². The van der Waals surface area contributed by atoms with Crippen LogP contribution in [0.2, 0.25) is 0 Å². The number of hydrogen-bond donors (Lipinski definition) is 29. The van der Waals surface area contributed by atoms with Gasteiger partial charge < -0.3 is 229 Å². The van der Waals surface area contributed by atoms with Crippen LogP contribution in [0.15, 0.2) is 0 Å². The van der Waals surface area contributed by atoms with Crippen LogP contribution in [0.3, 0.4) is 0 Å². The summed E-state index contributed by atoms with van der Waals surface area (Å²) in [6.45, 7) is -2.81. The molecule has 50 nitrogen and oxygen atoms in total. The fraction of sp³-hybridized carbons (Fsp3) is 0.937. The molecule has 113 heavy (non-hydrogen) atoms. The van der Waals surface area contributed by atoms with Crippen LogP contribution in [0.4, 0.5) is 0 Å². The van der Waals surface area contributed by atoms with Crippen LogP contribution in [0.1, 0.15) is 41.0 Å². The molecule has 9 aliphatic rings. The van der Waals surface area contributed by atoms with E-state index in [0.717, 1.165) is 20.8 Å². The Morgan fingerprint density at radius 1 is 0.381 bits per heavy atom. The third-order valence-corrected chi connectivity index (χ3v) is 20.8. The summed E-state index contributed by atoms with van der Waals surface area (Å²) >= 11 is 0. The summed E-state index contributed by atoms with van der Waals surface area (Å²) in [5, 5.41) is 293. The zero-order valence-electron chi connectivity index (χ0n) is 60.8. The summed E-state index contributed by atoms with van der Waals surface area (Å²) in [5.74, 6) is -7.94. The minimum atomic E-state index is -3.07. The largest absolute Gasteiger partial charge is 0.477 e. The Labute approximate surface area is 639 Å². The molecule has 29 N–H and O–H groups in total. The van der Waals surface area contributed by atoms with Gasteiger partial charge in [-0.25, -0.2) is 4.79 Å². The maximum atomic E-state index is 13.5. The summed E-state index contributed by atoms with van der Waals surface area (Å²) in [7, 11) is 0. The number of carbonyl (C=O) groups is 4. The number of aliphatic hydroxyl groups excluding tert-OH is 25. The van der Waals surface area contributed by atoms with Gasteiger partial charge >= 0.3 is 5.97 Å². The van der Waals surface area contributed by atoms with Crippen LogP contribution in [-0.4, -0.2) is 484 Å². The van der Waals surface area contributed by atoms with Crippen molar-refractivity contribution in [2.45, 2.75) is 323 Å². The second kappa shape index (κ2) is 39.6. The van der Waals surface area contributed by atoms with Crippen molar-refractivity contribution in [1.82, 2.24) is 16.0 Å². The smallest absolute Gasteiger partial charge is 0.364 e. The predicted molar refractivity (Wildman–Crippen MR) is 346 cm³/mol. The molecule has 0 bridgehead atoms. The quantitative estimate of drug-likeness (QED) is 0.0331. The number of aliphatic hydroxyl groups is 25. The van der Waals surface area contributed by atoms with Crippen LogP contribution < -0.4 is 16.0 Å². The van der Waals surface area contributed by atoms with E-state index in [9.17, 15) is 152 Å². The van der Waals surface area contributed by atoms with E-state index in [1.165, 1.54) is 13.8 Å². The molecule has 0 saturated carbocycles. The molecule has 3 amide bonds. The van der Waals surface area contributed by atoms with Gasteiger partial charge in [-0.3, -0.25) is 14.4 Å². The van der Waals surface area contributed by atoms with Crippen molar-refractivity contribution < 1.29 is 232 Å². The van der Waals surface area contributed by atoms with Crippen LogP contribution in [0.5, 0.6) is 0 Å². The lowest BCUT2D eigenvalue weighted by Crippen LogP contribution is -2.71. The fourth-order valence-corrected chi connectivity index (χ4v) is 14.5. The van der Waals surface area contributed by atoms with Crippen molar-refractivity contribution >= 4 is 23.7 Å². The van der Waals surface area contributed by atoms with Gasteiger partial charge in [0.15, 0.2) is 50.3 Å². The van der Waals surface area contributed by atoms with E-state index < -0.39 is 358 Å². The summed E-state index contributed by atoms with van der Waals surface area (Å²) in [6.07, 6.45) is -88.3. The number of amides is 3. The maximum absolute atomic E-state index is 13.5. The molecule has 9 heterocycles. The van der Waals surface area contributed by atoms with Crippen LogP contribution in [0, 0.1) is 0 Å². The summed E-state index contributed by atoms with van der Waals surface area (Å²) in [6, 6.07) is -5.68. The molecule has 9 aliphatic heterocycles. The molecule has 0 aromatic carbocycles. The molecule has 46 atom stereocenters. The summed E-state index contributed by atoms with van der Waals surface area (Å²) in [5.41, 5.74) is 0. The SMILES string of the molecule is CC(=O)N[C@H]1[C@H](O[C@H]2[C@@H](O)[C@@H](CO[C@@H]3O[C@H](CO)[C@@H](O[C@@H]4O[C@H](CO)[C@H](O)[C@H](O)[C@H]4O[C@@H]4O[C@@H](C)[C@@H](O)[C@@H](O)[C@@H]4O)[C@H](O[C@@H]4O[C@@H](C)[C@@H](O)[C@@H](O)[C@@H]4O)[C@H]3NC(C)=O)O[C@@H](O[C@H]3[C@H](O)[C@@H](O)[C@@H](O)O[C@@H]3CO)[C@@H]2O)O[C@H](CO)[C@@H](O[C@@H]2O[C@H](CO[C@@]3(C(=O)O)C[C@H](O)[C@@H](NC(C)=O)[C@H]([C@H](O)[C@H](O)CO)O3)[C@H](O)[C@H](O)[C@H]2O)[C@@H]1O. The Balaban J connectivity index is 1.01. The minimum absolute atomic E-state index is 0.833. The Bertz CT molecular complexity index is 3040. The normalized spacial score (nSPS) is 49.2. The lowest BCUT2D eigenvalue weighted by molar-refractivity contribution is -0.396. The van der Waals surface area contributed by atoms with Crippen molar-refractivity contribution in [3.8, 4) is 0 Å². The molecule has 9 saturated heterocycles. The van der Waals surface area contributed by atoms with Gasteiger partial charge in [0.25, 0.3) is 5.79 Å². The molecule has 654 valence electrons. The molecule has 0 spiro atoms. The highest BCUT2D eigenvalue weighted by atomic mass is 16.8. The van der Waals surface area contributed by atoms with Crippen LogP contribution in [-0.2, 0) is 99.7 Å². The minimum Gasteiger partial charge on any atom is -0.477 e. The number of aliphatic carboxylic acids is 1. The Morgan fingerprint density at radius 2 is 0.788 bits per heavy atom. The highest BCUT2D eigenvalue weighted by Gasteiger charge is 2.62. The van der Waals surface area contributed by atoms with E-state index in [4.69, 9.17) is 80.5 Å². The van der Waals surface area contributed by atoms with Crippen molar-refractivity contribution in [1.29, 1.82) is 0 Å². The molecular weight excluding hydrogens is 1550 g/mol. The van der Waals surface area contributed by atoms with E-state index in [1.807, 2.05) is 0 Å². The van der Waals surface area contributed by atoms with Gasteiger partial charge in [0, 0.05) is 27.2 Å². The number of carboxylic acids is 1. The Kier molecular flexibility index (Phi) is 32.6. The average Bonchev–Trinajstić information content (AvgIpc) is 0.771. The number of carbonyl (C=O) groups excluding carboxylic acids is 3. The fourth-order valence-electron chi connectivity index (χ4n) is 14.5. The van der Waals surface area contributed by atoms with E-state index >= 15 is 0 Å². The van der Waals surface area contributed by atoms with Crippen molar-refractivity contribution in [2.24, 2.45) is 0 Å². The first-order valence-electron chi connectivity index (χ1n) is 36.0. The lowest BCUT2D eigenvalue weighted by atomic mass is 9.88. The van der Waals surface area contributed by atoms with E-state index in [0.29, 0.717) is 0 Å². The van der Waals surface area contributed by atoms with E-state index in [-0.39, 0.29) is 0 Å². The molecule has 9 fully saturated rings. The number of hydrogen-bond acceptors (Lipinski definition) is 46. The standard InChI is InChI=1S/C63H105N3O47/c1-14-30(77)37(84)43(90)57(99-14)110-51-29(66-18(5)74)55(103-24(11-71)49(51)109-61-53(40(87)33(80)21(8-68)102-61)112-58-44(91)38(85)31(78)15(2)100-58)97-12-25-35(82)52(46(93)60(105-25)108-48-22(9-69)101-54(94)42(89)41(48)88)111-56-28(65-17(4)73)36(83)47(23(10-70)104-56)107-59-45(92)39(86)34(81)26(106-59)13-98-63(62(95)96)6-19(75)27(64-16(3)72)50(113-63)32(79)20(76)7-67/h14-15,19-61,67-71,75-94H,6-13H2,1-5H3,(H,64,72)(H,65,73)(H,66,74)(H,95,96)/t14-,15-,19-,20+,21+,22+,23+,24+,25+,26+,27+,28+,29+,30+,31+,32+,33-,34-,35-,36+,37+,38+,39-,40-,41+,42+,43-,44-,45+,46+,47+,48+,49+,50+,51+,52-,53+,54-,55+,56-,57-,58-,59-,60-,61-,63-/m0/s1. The number of rotatable bonds is 29. The van der Waals surface area contributed by atoms with Crippen molar-refractivity contribution in [3.05, 3.63) is 0 Å². The van der Waals surface area contributed by atoms with Gasteiger partial charge in [0.1, 0.15) is 201 Å². The van der Waals surface area contributed by atoms with Crippen molar-refractivity contribution in [3.63, 3.8) is 0 Å². The third kappa shape index (κ3) is 20.3.